The Hall–Kier alpha value is -2.47. The first kappa shape index (κ1) is 15.1. The highest BCUT2D eigenvalue weighted by molar-refractivity contribution is 7.12. The monoisotopic (exact) mass is 339 g/mol. The van der Waals surface area contributed by atoms with Crippen LogP contribution in [-0.2, 0) is 0 Å². The first-order valence-electron chi connectivity index (χ1n) is 8.01. The van der Waals surface area contributed by atoms with Crippen LogP contribution >= 0.6 is 11.3 Å². The molecule has 1 amide bonds. The van der Waals surface area contributed by atoms with E-state index in [-0.39, 0.29) is 12.0 Å². The average Bonchev–Trinajstić information content (AvgIpc) is 3.16. The molecule has 1 aliphatic rings. The summed E-state index contributed by atoms with van der Waals surface area (Å²) in [6.45, 7) is 1.42. The van der Waals surface area contributed by atoms with Crippen LogP contribution in [0.15, 0.2) is 48.0 Å². The van der Waals surface area contributed by atoms with Gasteiger partial charge in [-0.15, -0.1) is 11.3 Å². The molecule has 1 aliphatic heterocycles. The molecule has 2 aromatic heterocycles. The number of thiophene rings is 1. The van der Waals surface area contributed by atoms with Gasteiger partial charge in [-0.3, -0.25) is 4.79 Å². The lowest BCUT2D eigenvalue weighted by Crippen LogP contribution is -2.41. The molecule has 0 aliphatic carbocycles. The quantitative estimate of drug-likeness (QED) is 0.734. The standard InChI is InChI=1S/C18H17N3O2S/c22-18(16-6-3-11-24-16)21-9-7-13(8-10-21)23-17-12-19-14-4-1-2-5-15(14)20-17/h1-6,11-13H,7-10H2. The van der Waals surface area contributed by atoms with E-state index in [2.05, 4.69) is 9.97 Å². The van der Waals surface area contributed by atoms with E-state index in [1.807, 2.05) is 46.7 Å². The second-order valence-electron chi connectivity index (χ2n) is 5.78. The molecule has 3 aromatic rings. The second-order valence-corrected chi connectivity index (χ2v) is 6.73. The predicted molar refractivity (Wildman–Crippen MR) is 93.4 cm³/mol. The predicted octanol–water partition coefficient (Wildman–Crippen LogP) is 3.37. The molecule has 0 radical (unpaired) electrons. The van der Waals surface area contributed by atoms with Gasteiger partial charge in [-0.05, 0) is 23.6 Å². The lowest BCUT2D eigenvalue weighted by molar-refractivity contribution is 0.0592. The molecule has 24 heavy (non-hydrogen) atoms. The molecule has 0 N–H and O–H groups in total. The van der Waals surface area contributed by atoms with Crippen molar-refractivity contribution in [2.45, 2.75) is 18.9 Å². The van der Waals surface area contributed by atoms with E-state index in [0.29, 0.717) is 19.0 Å². The lowest BCUT2D eigenvalue weighted by Gasteiger charge is -2.31. The summed E-state index contributed by atoms with van der Waals surface area (Å²) in [6.07, 6.45) is 3.37. The smallest absolute Gasteiger partial charge is 0.263 e. The van der Waals surface area contributed by atoms with Gasteiger partial charge < -0.3 is 9.64 Å². The number of nitrogens with zero attached hydrogens (tertiary/aromatic N) is 3. The Morgan fingerprint density at radius 2 is 1.92 bits per heavy atom. The molecule has 0 bridgehead atoms. The summed E-state index contributed by atoms with van der Waals surface area (Å²) in [5.41, 5.74) is 1.70. The van der Waals surface area contributed by atoms with Crippen LogP contribution in [0.1, 0.15) is 22.5 Å². The van der Waals surface area contributed by atoms with Gasteiger partial charge in [0, 0.05) is 25.9 Å². The maximum Gasteiger partial charge on any atom is 0.263 e. The van der Waals surface area contributed by atoms with E-state index < -0.39 is 0 Å². The van der Waals surface area contributed by atoms with Crippen LogP contribution in [0.4, 0.5) is 0 Å². The van der Waals surface area contributed by atoms with Crippen LogP contribution in [0, 0.1) is 0 Å². The van der Waals surface area contributed by atoms with Crippen molar-refractivity contribution in [1.29, 1.82) is 0 Å². The number of fused-ring (bicyclic) bond motifs is 1. The minimum Gasteiger partial charge on any atom is -0.473 e. The van der Waals surface area contributed by atoms with Gasteiger partial charge in [0.05, 0.1) is 22.1 Å². The number of ether oxygens (including phenoxy) is 1. The number of carbonyl (C=O) groups is 1. The number of benzene rings is 1. The van der Waals surface area contributed by atoms with Crippen molar-refractivity contribution in [3.63, 3.8) is 0 Å². The highest BCUT2D eigenvalue weighted by atomic mass is 32.1. The minimum atomic E-state index is 0.0767. The molecular formula is C18H17N3O2S. The molecule has 122 valence electrons. The Morgan fingerprint density at radius 1 is 1.12 bits per heavy atom. The zero-order chi connectivity index (χ0) is 16.4. The molecule has 5 nitrogen and oxygen atoms in total. The Labute approximate surface area is 143 Å². The molecule has 6 heteroatoms. The van der Waals surface area contributed by atoms with Crippen molar-refractivity contribution in [1.82, 2.24) is 14.9 Å². The van der Waals surface area contributed by atoms with Crippen molar-refractivity contribution < 1.29 is 9.53 Å². The third-order valence-electron chi connectivity index (χ3n) is 4.18. The number of likely N-dealkylation sites (tertiary alicyclic amines) is 1. The Morgan fingerprint density at radius 3 is 2.67 bits per heavy atom. The number of hydrogen-bond acceptors (Lipinski definition) is 5. The minimum absolute atomic E-state index is 0.0767. The fourth-order valence-corrected chi connectivity index (χ4v) is 3.59. The van der Waals surface area contributed by atoms with E-state index in [1.165, 1.54) is 11.3 Å². The first-order valence-corrected chi connectivity index (χ1v) is 8.89. The molecule has 0 saturated carbocycles. The summed E-state index contributed by atoms with van der Waals surface area (Å²) in [5.74, 6) is 0.672. The van der Waals surface area contributed by atoms with Crippen LogP contribution in [-0.4, -0.2) is 40.0 Å². The van der Waals surface area contributed by atoms with E-state index in [0.717, 1.165) is 28.8 Å². The number of piperidine rings is 1. The summed E-state index contributed by atoms with van der Waals surface area (Å²) in [6, 6.07) is 11.5. The van der Waals surface area contributed by atoms with E-state index in [9.17, 15) is 4.79 Å². The number of aromatic nitrogens is 2. The SMILES string of the molecule is O=C(c1cccs1)N1CCC(Oc2cnc3ccccc3n2)CC1. The van der Waals surface area contributed by atoms with Gasteiger partial charge in [0.25, 0.3) is 5.91 Å². The van der Waals surface area contributed by atoms with Crippen molar-refractivity contribution in [2.24, 2.45) is 0 Å². The molecule has 1 saturated heterocycles. The number of hydrogen-bond donors (Lipinski definition) is 0. The maximum absolute atomic E-state index is 12.3. The molecule has 1 fully saturated rings. The van der Waals surface area contributed by atoms with Gasteiger partial charge in [-0.25, -0.2) is 9.97 Å². The fraction of sp³-hybridized carbons (Fsp3) is 0.278. The number of amides is 1. The van der Waals surface area contributed by atoms with E-state index in [4.69, 9.17) is 4.74 Å². The van der Waals surface area contributed by atoms with Crippen molar-refractivity contribution in [3.05, 3.63) is 52.9 Å². The van der Waals surface area contributed by atoms with Crippen LogP contribution in [0.2, 0.25) is 0 Å². The van der Waals surface area contributed by atoms with E-state index in [1.54, 1.807) is 6.20 Å². The summed E-state index contributed by atoms with van der Waals surface area (Å²) in [7, 11) is 0. The Kier molecular flexibility index (Phi) is 4.13. The third-order valence-corrected chi connectivity index (χ3v) is 5.03. The van der Waals surface area contributed by atoms with Crippen LogP contribution in [0.25, 0.3) is 11.0 Å². The third kappa shape index (κ3) is 3.10. The van der Waals surface area contributed by atoms with Crippen LogP contribution < -0.4 is 4.74 Å². The van der Waals surface area contributed by atoms with Crippen LogP contribution in [0.3, 0.4) is 0 Å². The summed E-state index contributed by atoms with van der Waals surface area (Å²) in [4.78, 5) is 23.9. The molecular weight excluding hydrogens is 322 g/mol. The van der Waals surface area contributed by atoms with Gasteiger partial charge >= 0.3 is 0 Å². The summed E-state index contributed by atoms with van der Waals surface area (Å²) < 4.78 is 5.97. The molecule has 0 atom stereocenters. The highest BCUT2D eigenvalue weighted by Crippen LogP contribution is 2.21. The van der Waals surface area contributed by atoms with Gasteiger partial charge in [-0.1, -0.05) is 18.2 Å². The molecule has 3 heterocycles. The van der Waals surface area contributed by atoms with Crippen LogP contribution in [0.5, 0.6) is 5.88 Å². The Balaban J connectivity index is 1.38. The molecule has 0 spiro atoms. The topological polar surface area (TPSA) is 55.3 Å². The zero-order valence-corrected chi connectivity index (χ0v) is 13.9. The normalized spacial score (nSPS) is 15.6. The van der Waals surface area contributed by atoms with Crippen molar-refractivity contribution in [3.8, 4) is 5.88 Å². The van der Waals surface area contributed by atoms with Gasteiger partial charge in [-0.2, -0.15) is 0 Å². The largest absolute Gasteiger partial charge is 0.473 e. The van der Waals surface area contributed by atoms with E-state index >= 15 is 0 Å². The average molecular weight is 339 g/mol. The van der Waals surface area contributed by atoms with Crippen molar-refractivity contribution >= 4 is 28.3 Å². The molecule has 4 rings (SSSR count). The van der Waals surface area contributed by atoms with Gasteiger partial charge in [0.2, 0.25) is 5.88 Å². The molecule has 1 aromatic carbocycles. The number of para-hydroxylation sites is 2. The van der Waals surface area contributed by atoms with Gasteiger partial charge in [0.1, 0.15) is 6.10 Å². The highest BCUT2D eigenvalue weighted by Gasteiger charge is 2.25. The maximum atomic E-state index is 12.3. The number of rotatable bonds is 3. The fourth-order valence-electron chi connectivity index (χ4n) is 2.90. The number of carbonyl (C=O) groups excluding carboxylic acids is 1. The van der Waals surface area contributed by atoms with Crippen molar-refractivity contribution in [2.75, 3.05) is 13.1 Å². The lowest BCUT2D eigenvalue weighted by atomic mass is 10.1. The zero-order valence-electron chi connectivity index (χ0n) is 13.1. The summed E-state index contributed by atoms with van der Waals surface area (Å²) >= 11 is 1.49. The first-order chi connectivity index (χ1) is 11.8. The molecule has 0 unspecified atom stereocenters. The Bertz CT molecular complexity index is 842. The van der Waals surface area contributed by atoms with Gasteiger partial charge in [0.15, 0.2) is 0 Å². The summed E-state index contributed by atoms with van der Waals surface area (Å²) in [5, 5.41) is 1.93. The second kappa shape index (κ2) is 6.57.